The Bertz CT molecular complexity index is 1170. The van der Waals surface area contributed by atoms with E-state index < -0.39 is 0 Å². The maximum Gasteiger partial charge on any atom is 0.127 e. The van der Waals surface area contributed by atoms with Gasteiger partial charge in [0.15, 0.2) is 0 Å². The number of hydrogen-bond acceptors (Lipinski definition) is 1. The highest BCUT2D eigenvalue weighted by molar-refractivity contribution is 6.29. The second-order valence-electron chi connectivity index (χ2n) is 6.02. The number of benzene rings is 5. The summed E-state index contributed by atoms with van der Waals surface area (Å²) in [4.78, 5) is 0. The molecule has 1 heteroatoms. The van der Waals surface area contributed by atoms with E-state index in [0.717, 1.165) is 5.75 Å². The lowest BCUT2D eigenvalue weighted by molar-refractivity contribution is 0.344. The molecule has 110 valence electrons. The molecule has 0 atom stereocenters. The first kappa shape index (κ1) is 12.7. The Kier molecular flexibility index (Phi) is 2.54. The first-order valence-corrected chi connectivity index (χ1v) is 8.09. The molecule has 1 nitrogen and oxygen atoms in total. The average Bonchev–Trinajstić information content (AvgIpc) is 2.60. The highest BCUT2D eigenvalue weighted by Crippen LogP contribution is 2.41. The number of ether oxygens (including phenoxy) is 1. The van der Waals surface area contributed by atoms with E-state index in [-0.39, 0.29) is 0 Å². The Labute approximate surface area is 134 Å². The van der Waals surface area contributed by atoms with Crippen LogP contribution >= 0.6 is 0 Å². The van der Waals surface area contributed by atoms with Crippen LogP contribution in [-0.2, 0) is 0 Å². The number of fused-ring (bicyclic) bond motifs is 2. The van der Waals surface area contributed by atoms with E-state index in [1.807, 2.05) is 6.92 Å². The second-order valence-corrected chi connectivity index (χ2v) is 6.02. The Morgan fingerprint density at radius 1 is 0.652 bits per heavy atom. The molecule has 0 aliphatic heterocycles. The van der Waals surface area contributed by atoms with Crippen molar-refractivity contribution in [1.82, 2.24) is 0 Å². The summed E-state index contributed by atoms with van der Waals surface area (Å²) in [5.74, 6) is 0.975. The van der Waals surface area contributed by atoms with Crippen molar-refractivity contribution < 1.29 is 4.74 Å². The first-order valence-electron chi connectivity index (χ1n) is 8.09. The van der Waals surface area contributed by atoms with Gasteiger partial charge in [-0.25, -0.2) is 0 Å². The van der Waals surface area contributed by atoms with Crippen molar-refractivity contribution in [3.63, 3.8) is 0 Å². The van der Waals surface area contributed by atoms with Crippen LogP contribution in [0.15, 0.2) is 66.7 Å². The predicted molar refractivity (Wildman–Crippen MR) is 98.8 cm³/mol. The Morgan fingerprint density at radius 2 is 1.39 bits per heavy atom. The molecule has 0 spiro atoms. The van der Waals surface area contributed by atoms with Gasteiger partial charge in [0, 0.05) is 10.8 Å². The number of rotatable bonds is 2. The summed E-state index contributed by atoms with van der Waals surface area (Å²) in [5.41, 5.74) is 0. The highest BCUT2D eigenvalue weighted by atomic mass is 16.5. The molecule has 0 saturated carbocycles. The average molecular weight is 296 g/mol. The molecule has 5 aromatic rings. The van der Waals surface area contributed by atoms with E-state index in [1.54, 1.807) is 0 Å². The maximum atomic E-state index is 5.85. The fourth-order valence-electron chi connectivity index (χ4n) is 3.81. The normalized spacial score (nSPS) is 11.9. The summed E-state index contributed by atoms with van der Waals surface area (Å²) in [7, 11) is 0. The number of hydrogen-bond donors (Lipinski definition) is 0. The van der Waals surface area contributed by atoms with E-state index in [9.17, 15) is 0 Å². The van der Waals surface area contributed by atoms with Gasteiger partial charge in [0.2, 0.25) is 0 Å². The van der Waals surface area contributed by atoms with Gasteiger partial charge in [-0.3, -0.25) is 0 Å². The van der Waals surface area contributed by atoms with Crippen LogP contribution in [0.2, 0.25) is 0 Å². The quantitative estimate of drug-likeness (QED) is 0.281. The van der Waals surface area contributed by atoms with Crippen molar-refractivity contribution >= 4 is 43.1 Å². The minimum Gasteiger partial charge on any atom is -0.493 e. The van der Waals surface area contributed by atoms with Gasteiger partial charge < -0.3 is 4.74 Å². The standard InChI is InChI=1S/C22H16O/c1-2-23-20-12-9-14-7-8-16-13-15-5-3-4-6-17(15)18-10-11-19(20)21(14)22(16)18/h3-13H,2H2,1H3. The van der Waals surface area contributed by atoms with Crippen molar-refractivity contribution in [3.8, 4) is 5.75 Å². The molecular weight excluding hydrogens is 280 g/mol. The molecule has 0 N–H and O–H groups in total. The predicted octanol–water partition coefficient (Wildman–Crippen LogP) is 6.14. The third kappa shape index (κ3) is 1.68. The molecule has 0 radical (unpaired) electrons. The SMILES string of the molecule is CCOc1ccc2ccc3cc4ccccc4c4ccc1c2c34. The molecule has 5 aromatic carbocycles. The molecule has 0 bridgehead atoms. The molecule has 0 heterocycles. The van der Waals surface area contributed by atoms with E-state index in [4.69, 9.17) is 4.74 Å². The van der Waals surface area contributed by atoms with E-state index >= 15 is 0 Å². The van der Waals surface area contributed by atoms with Gasteiger partial charge in [-0.05, 0) is 57.4 Å². The Hall–Kier alpha value is -2.80. The summed E-state index contributed by atoms with van der Waals surface area (Å²) in [6.07, 6.45) is 0. The second kappa shape index (κ2) is 4.60. The highest BCUT2D eigenvalue weighted by Gasteiger charge is 2.13. The lowest BCUT2D eigenvalue weighted by Crippen LogP contribution is -1.93. The van der Waals surface area contributed by atoms with Gasteiger partial charge in [-0.2, -0.15) is 0 Å². The van der Waals surface area contributed by atoms with Crippen LogP contribution < -0.4 is 4.74 Å². The van der Waals surface area contributed by atoms with Gasteiger partial charge in [0.1, 0.15) is 5.75 Å². The van der Waals surface area contributed by atoms with Crippen molar-refractivity contribution in [3.05, 3.63) is 66.7 Å². The minimum absolute atomic E-state index is 0.687. The third-order valence-corrected chi connectivity index (χ3v) is 4.77. The lowest BCUT2D eigenvalue weighted by atomic mass is 9.91. The molecule has 0 unspecified atom stereocenters. The van der Waals surface area contributed by atoms with Gasteiger partial charge in [0.05, 0.1) is 6.61 Å². The fourth-order valence-corrected chi connectivity index (χ4v) is 3.81. The zero-order valence-electron chi connectivity index (χ0n) is 13.0. The van der Waals surface area contributed by atoms with Crippen LogP contribution in [0.3, 0.4) is 0 Å². The van der Waals surface area contributed by atoms with Gasteiger partial charge in [-0.15, -0.1) is 0 Å². The van der Waals surface area contributed by atoms with Crippen molar-refractivity contribution in [2.75, 3.05) is 6.61 Å². The van der Waals surface area contributed by atoms with Crippen LogP contribution in [-0.4, -0.2) is 6.61 Å². The first-order chi connectivity index (χ1) is 11.4. The summed E-state index contributed by atoms with van der Waals surface area (Å²) >= 11 is 0. The van der Waals surface area contributed by atoms with Crippen molar-refractivity contribution in [2.45, 2.75) is 6.92 Å². The van der Waals surface area contributed by atoms with E-state index in [1.165, 1.54) is 43.1 Å². The minimum atomic E-state index is 0.687. The van der Waals surface area contributed by atoms with Crippen LogP contribution in [0, 0.1) is 0 Å². The van der Waals surface area contributed by atoms with E-state index in [2.05, 4.69) is 66.7 Å². The monoisotopic (exact) mass is 296 g/mol. The largest absolute Gasteiger partial charge is 0.493 e. The van der Waals surface area contributed by atoms with Crippen LogP contribution in [0.5, 0.6) is 5.75 Å². The van der Waals surface area contributed by atoms with Gasteiger partial charge >= 0.3 is 0 Å². The lowest BCUT2D eigenvalue weighted by Gasteiger charge is -2.15. The zero-order chi connectivity index (χ0) is 15.4. The van der Waals surface area contributed by atoms with Crippen LogP contribution in [0.4, 0.5) is 0 Å². The molecule has 0 fully saturated rings. The molecule has 5 rings (SSSR count). The molecule has 0 saturated heterocycles. The molecular formula is C22H16O. The van der Waals surface area contributed by atoms with Crippen molar-refractivity contribution in [2.24, 2.45) is 0 Å². The Morgan fingerprint density at radius 3 is 2.30 bits per heavy atom. The van der Waals surface area contributed by atoms with E-state index in [0.29, 0.717) is 6.61 Å². The Balaban J connectivity index is 2.08. The molecule has 0 aliphatic rings. The molecule has 0 amide bonds. The van der Waals surface area contributed by atoms with Gasteiger partial charge in [0.25, 0.3) is 0 Å². The van der Waals surface area contributed by atoms with Crippen LogP contribution in [0.25, 0.3) is 43.1 Å². The summed E-state index contributed by atoms with van der Waals surface area (Å²) in [6.45, 7) is 2.72. The van der Waals surface area contributed by atoms with Crippen molar-refractivity contribution in [1.29, 1.82) is 0 Å². The van der Waals surface area contributed by atoms with Crippen LogP contribution in [0.1, 0.15) is 6.92 Å². The fraction of sp³-hybridized carbons (Fsp3) is 0.0909. The summed E-state index contributed by atoms with van der Waals surface area (Å²) in [6, 6.07) is 24.1. The molecule has 0 aliphatic carbocycles. The maximum absolute atomic E-state index is 5.85. The topological polar surface area (TPSA) is 9.23 Å². The zero-order valence-corrected chi connectivity index (χ0v) is 13.0. The molecule has 0 aromatic heterocycles. The summed E-state index contributed by atoms with van der Waals surface area (Å²) in [5, 5.41) is 10.4. The molecule has 23 heavy (non-hydrogen) atoms. The third-order valence-electron chi connectivity index (χ3n) is 4.77. The summed E-state index contributed by atoms with van der Waals surface area (Å²) < 4.78 is 5.85. The smallest absolute Gasteiger partial charge is 0.127 e. The van der Waals surface area contributed by atoms with Gasteiger partial charge in [-0.1, -0.05) is 48.5 Å².